The number of anilines is 1. The molecule has 0 saturated heterocycles. The summed E-state index contributed by atoms with van der Waals surface area (Å²) in [4.78, 5) is 0. The van der Waals surface area contributed by atoms with Crippen molar-refractivity contribution in [3.8, 4) is 5.75 Å². The van der Waals surface area contributed by atoms with Crippen LogP contribution >= 0.6 is 15.9 Å². The first-order valence-corrected chi connectivity index (χ1v) is 5.64. The Morgan fingerprint density at radius 1 is 1.50 bits per heavy atom. The molecule has 0 aliphatic carbocycles. The lowest BCUT2D eigenvalue weighted by atomic mass is 10.2. The van der Waals surface area contributed by atoms with E-state index in [-0.39, 0.29) is 6.10 Å². The van der Waals surface area contributed by atoms with Crippen molar-refractivity contribution >= 4 is 21.6 Å². The Bertz CT molecular complexity index is 301. The van der Waals surface area contributed by atoms with Gasteiger partial charge < -0.3 is 10.5 Å². The molecule has 1 rings (SSSR count). The van der Waals surface area contributed by atoms with E-state index >= 15 is 0 Å². The van der Waals surface area contributed by atoms with Gasteiger partial charge in [0.05, 0.1) is 10.6 Å². The van der Waals surface area contributed by atoms with Gasteiger partial charge in [-0.2, -0.15) is 0 Å². The van der Waals surface area contributed by atoms with Crippen LogP contribution in [-0.2, 0) is 0 Å². The molecule has 0 aromatic heterocycles. The quantitative estimate of drug-likeness (QED) is 0.837. The standard InChI is InChI=1S/C11H16BrNO/c1-3-4-8(2)14-11-6-5-9(13)7-10(11)12/h5-8H,3-4,13H2,1-2H3. The average molecular weight is 258 g/mol. The summed E-state index contributed by atoms with van der Waals surface area (Å²) in [6, 6.07) is 5.60. The van der Waals surface area contributed by atoms with E-state index in [9.17, 15) is 0 Å². The molecule has 3 heteroatoms. The Balaban J connectivity index is 2.67. The highest BCUT2D eigenvalue weighted by Gasteiger charge is 2.06. The Labute approximate surface area is 93.6 Å². The third kappa shape index (κ3) is 3.22. The summed E-state index contributed by atoms with van der Waals surface area (Å²) in [5.74, 6) is 0.861. The van der Waals surface area contributed by atoms with Crippen LogP contribution in [0.4, 0.5) is 5.69 Å². The summed E-state index contributed by atoms with van der Waals surface area (Å²) < 4.78 is 6.66. The minimum absolute atomic E-state index is 0.250. The SMILES string of the molecule is CCCC(C)Oc1ccc(N)cc1Br. The third-order valence-corrected chi connectivity index (χ3v) is 2.60. The van der Waals surface area contributed by atoms with Gasteiger partial charge in [0, 0.05) is 5.69 Å². The zero-order chi connectivity index (χ0) is 10.6. The first kappa shape index (κ1) is 11.4. The van der Waals surface area contributed by atoms with Crippen molar-refractivity contribution in [2.45, 2.75) is 32.8 Å². The zero-order valence-electron chi connectivity index (χ0n) is 8.59. The fraction of sp³-hybridized carbons (Fsp3) is 0.455. The van der Waals surface area contributed by atoms with Gasteiger partial charge in [-0.3, -0.25) is 0 Å². The van der Waals surface area contributed by atoms with Gasteiger partial charge >= 0.3 is 0 Å². The molecular weight excluding hydrogens is 242 g/mol. The van der Waals surface area contributed by atoms with Gasteiger partial charge in [-0.15, -0.1) is 0 Å². The maximum atomic E-state index is 5.74. The highest BCUT2D eigenvalue weighted by Crippen LogP contribution is 2.28. The predicted octanol–water partition coefficient (Wildman–Crippen LogP) is 3.60. The number of nitrogen functional groups attached to an aromatic ring is 1. The summed E-state index contributed by atoms with van der Waals surface area (Å²) in [6.45, 7) is 4.23. The fourth-order valence-electron chi connectivity index (χ4n) is 1.29. The molecule has 0 aliphatic heterocycles. The lowest BCUT2D eigenvalue weighted by molar-refractivity contribution is 0.208. The van der Waals surface area contributed by atoms with Crippen LogP contribution in [0.15, 0.2) is 22.7 Å². The van der Waals surface area contributed by atoms with E-state index < -0.39 is 0 Å². The summed E-state index contributed by atoms with van der Waals surface area (Å²) in [5.41, 5.74) is 6.37. The minimum atomic E-state index is 0.250. The second kappa shape index (κ2) is 5.25. The molecule has 0 bridgehead atoms. The van der Waals surface area contributed by atoms with E-state index in [1.807, 2.05) is 18.2 Å². The lowest BCUT2D eigenvalue weighted by Crippen LogP contribution is -2.11. The number of benzene rings is 1. The van der Waals surface area contributed by atoms with E-state index in [2.05, 4.69) is 29.8 Å². The van der Waals surface area contributed by atoms with Crippen LogP contribution in [0.5, 0.6) is 5.75 Å². The van der Waals surface area contributed by atoms with E-state index in [1.165, 1.54) is 0 Å². The topological polar surface area (TPSA) is 35.2 Å². The molecule has 14 heavy (non-hydrogen) atoms. The smallest absolute Gasteiger partial charge is 0.134 e. The molecule has 0 spiro atoms. The summed E-state index contributed by atoms with van der Waals surface area (Å²) in [5, 5.41) is 0. The van der Waals surface area contributed by atoms with Gasteiger partial charge in [0.15, 0.2) is 0 Å². The molecule has 2 N–H and O–H groups in total. The van der Waals surface area contributed by atoms with Crippen molar-refractivity contribution in [3.63, 3.8) is 0 Å². The van der Waals surface area contributed by atoms with E-state index in [0.717, 1.165) is 28.8 Å². The maximum absolute atomic E-state index is 5.74. The molecule has 2 nitrogen and oxygen atoms in total. The predicted molar refractivity (Wildman–Crippen MR) is 63.6 cm³/mol. The van der Waals surface area contributed by atoms with E-state index in [0.29, 0.717) is 0 Å². The Morgan fingerprint density at radius 3 is 2.79 bits per heavy atom. The largest absolute Gasteiger partial charge is 0.490 e. The number of hydrogen-bond donors (Lipinski definition) is 1. The molecule has 0 saturated carbocycles. The van der Waals surface area contributed by atoms with Crippen LogP contribution in [0.3, 0.4) is 0 Å². The number of nitrogens with two attached hydrogens (primary N) is 1. The van der Waals surface area contributed by atoms with Crippen LogP contribution in [0.1, 0.15) is 26.7 Å². The van der Waals surface area contributed by atoms with Gasteiger partial charge in [-0.25, -0.2) is 0 Å². The molecule has 0 amide bonds. The Hall–Kier alpha value is -0.700. The zero-order valence-corrected chi connectivity index (χ0v) is 10.2. The van der Waals surface area contributed by atoms with Gasteiger partial charge in [-0.05, 0) is 47.5 Å². The first-order chi connectivity index (χ1) is 6.63. The van der Waals surface area contributed by atoms with Crippen molar-refractivity contribution in [1.29, 1.82) is 0 Å². The molecular formula is C11H16BrNO. The van der Waals surface area contributed by atoms with Crippen LogP contribution in [-0.4, -0.2) is 6.10 Å². The number of halogens is 1. The van der Waals surface area contributed by atoms with Crippen molar-refractivity contribution in [2.75, 3.05) is 5.73 Å². The van der Waals surface area contributed by atoms with Gasteiger partial charge in [0.1, 0.15) is 5.75 Å². The second-order valence-electron chi connectivity index (χ2n) is 3.41. The van der Waals surface area contributed by atoms with Crippen LogP contribution in [0.25, 0.3) is 0 Å². The van der Waals surface area contributed by atoms with Crippen molar-refractivity contribution in [1.82, 2.24) is 0 Å². The highest BCUT2D eigenvalue weighted by molar-refractivity contribution is 9.10. The summed E-state index contributed by atoms with van der Waals surface area (Å²) >= 11 is 3.42. The number of hydrogen-bond acceptors (Lipinski definition) is 2. The molecule has 78 valence electrons. The molecule has 0 heterocycles. The second-order valence-corrected chi connectivity index (χ2v) is 4.26. The van der Waals surface area contributed by atoms with Gasteiger partial charge in [0.25, 0.3) is 0 Å². The molecule has 1 atom stereocenters. The third-order valence-electron chi connectivity index (χ3n) is 1.98. The van der Waals surface area contributed by atoms with E-state index in [4.69, 9.17) is 10.5 Å². The van der Waals surface area contributed by atoms with Gasteiger partial charge in [-0.1, -0.05) is 13.3 Å². The highest BCUT2D eigenvalue weighted by atomic mass is 79.9. The van der Waals surface area contributed by atoms with Crippen molar-refractivity contribution < 1.29 is 4.74 Å². The van der Waals surface area contributed by atoms with Gasteiger partial charge in [0.2, 0.25) is 0 Å². The molecule has 1 aromatic rings. The van der Waals surface area contributed by atoms with Crippen molar-refractivity contribution in [2.24, 2.45) is 0 Å². The summed E-state index contributed by atoms with van der Waals surface area (Å²) in [7, 11) is 0. The first-order valence-electron chi connectivity index (χ1n) is 4.85. The molecule has 0 fully saturated rings. The van der Waals surface area contributed by atoms with Crippen molar-refractivity contribution in [3.05, 3.63) is 22.7 Å². The monoisotopic (exact) mass is 257 g/mol. The van der Waals surface area contributed by atoms with Crippen LogP contribution in [0.2, 0.25) is 0 Å². The average Bonchev–Trinajstić information content (AvgIpc) is 2.10. The summed E-state index contributed by atoms with van der Waals surface area (Å²) in [6.07, 6.45) is 2.45. The normalized spacial score (nSPS) is 12.5. The fourth-order valence-corrected chi connectivity index (χ4v) is 1.78. The number of rotatable bonds is 4. The molecule has 0 radical (unpaired) electrons. The Morgan fingerprint density at radius 2 is 2.21 bits per heavy atom. The molecule has 0 aliphatic rings. The lowest BCUT2D eigenvalue weighted by Gasteiger charge is -2.15. The van der Waals surface area contributed by atoms with E-state index in [1.54, 1.807) is 0 Å². The minimum Gasteiger partial charge on any atom is -0.490 e. The Kier molecular flexibility index (Phi) is 4.26. The molecule has 1 aromatic carbocycles. The maximum Gasteiger partial charge on any atom is 0.134 e. The van der Waals surface area contributed by atoms with Crippen LogP contribution in [0, 0.1) is 0 Å². The molecule has 1 unspecified atom stereocenters. The van der Waals surface area contributed by atoms with Crippen LogP contribution < -0.4 is 10.5 Å². The number of ether oxygens (including phenoxy) is 1.